The topological polar surface area (TPSA) is 173 Å². The summed E-state index contributed by atoms with van der Waals surface area (Å²) >= 11 is 1.24. The van der Waals surface area contributed by atoms with Crippen LogP contribution in [-0.4, -0.2) is 85.0 Å². The molecule has 0 unspecified atom stereocenters. The fourth-order valence-corrected chi connectivity index (χ4v) is 9.44. The SMILES string of the molecule is Cc1cccc(-c2cccc(C[C@H](O)C#C[C@H]3[C@H](O)CC(=O)[C@@H]3CCCC/C=C/C(=O)O)c2)c1.O=C(O)c1ccc(CCCN2C(=O)CC[C@@H]2CC[C@H](O)Cc2cccc(C(F)(F)F)c2)s1. The van der Waals surface area contributed by atoms with Crippen LogP contribution in [0.15, 0.2) is 97.1 Å². The van der Waals surface area contributed by atoms with Crippen molar-refractivity contribution in [2.45, 2.75) is 121 Å². The lowest BCUT2D eigenvalue weighted by molar-refractivity contribution is -0.137. The summed E-state index contributed by atoms with van der Waals surface area (Å²) in [5.74, 6) is 3.20. The number of allylic oxidation sites excluding steroid dienone is 1. The number of aromatic carboxylic acids is 1. The quantitative estimate of drug-likeness (QED) is 0.0349. The largest absolute Gasteiger partial charge is 0.478 e. The lowest BCUT2D eigenvalue weighted by atomic mass is 9.89. The van der Waals surface area contributed by atoms with Crippen molar-refractivity contribution in [1.82, 2.24) is 4.90 Å². The van der Waals surface area contributed by atoms with Crippen LogP contribution in [0.2, 0.25) is 0 Å². The highest BCUT2D eigenvalue weighted by Gasteiger charge is 2.40. The van der Waals surface area contributed by atoms with Crippen LogP contribution in [0.1, 0.15) is 101 Å². The Morgan fingerprint density at radius 2 is 1.61 bits per heavy atom. The van der Waals surface area contributed by atoms with Crippen LogP contribution >= 0.6 is 11.3 Å². The zero-order valence-electron chi connectivity index (χ0n) is 37.0. The van der Waals surface area contributed by atoms with Crippen LogP contribution in [0.3, 0.4) is 0 Å². The Balaban J connectivity index is 0.000000248. The number of unbranched alkanes of at least 4 members (excludes halogenated alkanes) is 2. The van der Waals surface area contributed by atoms with Crippen molar-refractivity contribution in [2.24, 2.45) is 11.8 Å². The minimum absolute atomic E-state index is 0.00761. The number of alkyl halides is 3. The minimum atomic E-state index is -4.41. The molecule has 0 spiro atoms. The molecule has 6 rings (SSSR count). The first-order valence-corrected chi connectivity index (χ1v) is 23.2. The number of likely N-dealkylation sites (tertiary alicyclic amines) is 1. The number of carbonyl (C=O) groups excluding carboxylic acids is 2. The van der Waals surface area contributed by atoms with Crippen molar-refractivity contribution < 1.29 is 57.9 Å². The number of amides is 1. The first kappa shape index (κ1) is 51.4. The maximum Gasteiger partial charge on any atom is 0.416 e. The van der Waals surface area contributed by atoms with E-state index in [2.05, 4.69) is 43.0 Å². The Labute approximate surface area is 387 Å². The fourth-order valence-electron chi connectivity index (χ4n) is 8.56. The smallest absolute Gasteiger partial charge is 0.416 e. The van der Waals surface area contributed by atoms with Gasteiger partial charge in [-0.3, -0.25) is 9.59 Å². The van der Waals surface area contributed by atoms with Gasteiger partial charge in [-0.1, -0.05) is 96.6 Å². The van der Waals surface area contributed by atoms with Gasteiger partial charge in [0, 0.05) is 48.7 Å². The molecule has 6 atom stereocenters. The lowest BCUT2D eigenvalue weighted by Gasteiger charge is -2.25. The van der Waals surface area contributed by atoms with E-state index in [1.807, 2.05) is 29.2 Å². The summed E-state index contributed by atoms with van der Waals surface area (Å²) in [5.41, 5.74) is 4.06. The molecule has 1 aliphatic carbocycles. The fraction of sp³-hybridized carbons (Fsp3) is 0.423. The number of aliphatic hydroxyl groups excluding tert-OH is 3. The van der Waals surface area contributed by atoms with E-state index >= 15 is 0 Å². The van der Waals surface area contributed by atoms with E-state index in [9.17, 15) is 47.7 Å². The molecule has 1 saturated carbocycles. The van der Waals surface area contributed by atoms with Crippen LogP contribution in [-0.2, 0) is 39.8 Å². The number of thiophene rings is 1. The molecule has 2 aliphatic rings. The maximum atomic E-state index is 12.9. The van der Waals surface area contributed by atoms with Crippen LogP contribution < -0.4 is 0 Å². The first-order chi connectivity index (χ1) is 31.5. The molecule has 0 radical (unpaired) electrons. The molecular formula is C52H58F3NO9S. The number of aliphatic carboxylic acids is 1. The van der Waals surface area contributed by atoms with Crippen molar-refractivity contribution in [2.75, 3.05) is 6.54 Å². The Bertz CT molecular complexity index is 2370. The number of aliphatic hydroxyl groups is 3. The van der Waals surface area contributed by atoms with E-state index in [0.29, 0.717) is 74.8 Å². The number of ketones is 1. The second-order valence-electron chi connectivity index (χ2n) is 17.1. The van der Waals surface area contributed by atoms with Crippen LogP contribution in [0.5, 0.6) is 0 Å². The van der Waals surface area contributed by atoms with Gasteiger partial charge >= 0.3 is 18.1 Å². The molecule has 14 heteroatoms. The summed E-state index contributed by atoms with van der Waals surface area (Å²) in [6.45, 7) is 2.62. The van der Waals surface area contributed by atoms with Crippen LogP contribution in [0, 0.1) is 30.6 Å². The van der Waals surface area contributed by atoms with Gasteiger partial charge in [0.2, 0.25) is 5.91 Å². The van der Waals surface area contributed by atoms with E-state index in [-0.39, 0.29) is 36.5 Å². The predicted molar refractivity (Wildman–Crippen MR) is 247 cm³/mol. The normalized spacial score (nSPS) is 19.3. The molecule has 5 N–H and O–H groups in total. The molecule has 4 aromatic rings. The monoisotopic (exact) mass is 929 g/mol. The molecule has 1 aromatic heterocycles. The molecule has 352 valence electrons. The third-order valence-electron chi connectivity index (χ3n) is 11.9. The Morgan fingerprint density at radius 3 is 2.30 bits per heavy atom. The maximum absolute atomic E-state index is 12.9. The van der Waals surface area contributed by atoms with E-state index < -0.39 is 47.9 Å². The van der Waals surface area contributed by atoms with Gasteiger partial charge in [0.05, 0.1) is 23.7 Å². The average molecular weight is 930 g/mol. The number of carboxylic acids is 2. The standard InChI is InChI=1S/C29H32O5.C23H26F3NO4S/c1-20-8-6-10-22(16-20)23-11-7-9-21(17-23)18-24(30)14-15-26-25(27(31)19-28(26)32)12-4-2-3-5-13-29(33)34;24-23(25,26)16-4-1-3-15(13-16)14-18(28)8-6-17-7-11-21(29)27(17)12-2-5-19-9-10-20(32-19)22(30)31/h5-11,13,16-17,24-26,28,30,32H,2-4,12,18-19H2,1H3,(H,33,34);1,3-4,9-10,13,17-18,28H,2,5-8,11-12,14H2,(H,30,31)/b13-5+;/t24-,25-,26-,28-;17-,18-/m10/s1. The van der Waals surface area contributed by atoms with Gasteiger partial charge in [-0.15, -0.1) is 11.3 Å². The lowest BCUT2D eigenvalue weighted by Crippen LogP contribution is -2.34. The van der Waals surface area contributed by atoms with Gasteiger partial charge in [-0.2, -0.15) is 13.2 Å². The Morgan fingerprint density at radius 1 is 0.894 bits per heavy atom. The Hall–Kier alpha value is -5.59. The number of carboxylic acid groups (broad SMARTS) is 2. The summed E-state index contributed by atoms with van der Waals surface area (Å²) < 4.78 is 38.6. The third kappa shape index (κ3) is 16.1. The number of hydrogen-bond acceptors (Lipinski definition) is 8. The number of benzene rings is 3. The highest BCUT2D eigenvalue weighted by Crippen LogP contribution is 2.34. The number of halogens is 3. The summed E-state index contributed by atoms with van der Waals surface area (Å²) in [5, 5.41) is 48.8. The average Bonchev–Trinajstić information content (AvgIpc) is 3.96. The number of carbonyl (C=O) groups is 4. The van der Waals surface area contributed by atoms with E-state index in [4.69, 9.17) is 10.2 Å². The first-order valence-electron chi connectivity index (χ1n) is 22.4. The summed E-state index contributed by atoms with van der Waals surface area (Å²) in [7, 11) is 0. The summed E-state index contributed by atoms with van der Waals surface area (Å²) in [6, 6.07) is 24.6. The van der Waals surface area contributed by atoms with E-state index in [1.165, 1.54) is 23.0 Å². The highest BCUT2D eigenvalue weighted by atomic mass is 32.1. The molecule has 10 nitrogen and oxygen atoms in total. The molecule has 2 fully saturated rings. The van der Waals surface area contributed by atoms with Gasteiger partial charge < -0.3 is 30.4 Å². The molecule has 0 bridgehead atoms. The molecule has 1 saturated heterocycles. The summed E-state index contributed by atoms with van der Waals surface area (Å²) in [4.78, 5) is 49.2. The molecule has 2 heterocycles. The van der Waals surface area contributed by atoms with Crippen LogP contribution in [0.25, 0.3) is 11.1 Å². The van der Waals surface area contributed by atoms with Gasteiger partial charge in [-0.25, -0.2) is 9.59 Å². The van der Waals surface area contributed by atoms with E-state index in [1.54, 1.807) is 24.3 Å². The molecular weight excluding hydrogens is 872 g/mol. The van der Waals surface area contributed by atoms with Crippen molar-refractivity contribution in [3.05, 3.63) is 129 Å². The molecule has 1 amide bonds. The molecule has 66 heavy (non-hydrogen) atoms. The second kappa shape index (κ2) is 24.8. The van der Waals surface area contributed by atoms with Crippen molar-refractivity contribution in [3.63, 3.8) is 0 Å². The number of Topliss-reactive ketones (excluding diaryl/α,β-unsaturated/α-hetero) is 1. The van der Waals surface area contributed by atoms with Gasteiger partial charge in [0.1, 0.15) is 16.8 Å². The van der Waals surface area contributed by atoms with Crippen LogP contribution in [0.4, 0.5) is 13.2 Å². The van der Waals surface area contributed by atoms with Crippen molar-refractivity contribution in [1.29, 1.82) is 0 Å². The molecule has 1 aliphatic heterocycles. The predicted octanol–water partition coefficient (Wildman–Crippen LogP) is 9.11. The second-order valence-corrected chi connectivity index (χ2v) is 18.2. The van der Waals surface area contributed by atoms with Gasteiger partial charge in [0.25, 0.3) is 0 Å². The number of hydrogen-bond donors (Lipinski definition) is 5. The highest BCUT2D eigenvalue weighted by molar-refractivity contribution is 7.13. The zero-order valence-corrected chi connectivity index (χ0v) is 37.8. The van der Waals surface area contributed by atoms with Gasteiger partial charge in [0.15, 0.2) is 0 Å². The number of aryl methyl sites for hydroxylation is 2. The third-order valence-corrected chi connectivity index (χ3v) is 13.0. The Kier molecular flexibility index (Phi) is 19.3. The number of nitrogens with zero attached hydrogens (tertiary/aromatic N) is 1. The zero-order chi connectivity index (χ0) is 47.8. The van der Waals surface area contributed by atoms with Crippen molar-refractivity contribution >= 4 is 35.0 Å². The summed E-state index contributed by atoms with van der Waals surface area (Å²) in [6.07, 6.45) is 2.73. The van der Waals surface area contributed by atoms with Crippen molar-refractivity contribution in [3.8, 4) is 23.0 Å². The molecule has 3 aromatic carbocycles. The van der Waals surface area contributed by atoms with Gasteiger partial charge in [-0.05, 0) is 105 Å². The number of rotatable bonds is 19. The minimum Gasteiger partial charge on any atom is -0.478 e. The van der Waals surface area contributed by atoms with E-state index in [0.717, 1.165) is 52.6 Å².